The van der Waals surface area contributed by atoms with Crippen LogP contribution in [0.2, 0.25) is 0 Å². The maximum atomic E-state index is 11.9. The van der Waals surface area contributed by atoms with E-state index in [-0.39, 0.29) is 18.4 Å². The smallest absolute Gasteiger partial charge is 0.240 e. The van der Waals surface area contributed by atoms with E-state index < -0.39 is 0 Å². The third-order valence-electron chi connectivity index (χ3n) is 3.65. The Kier molecular flexibility index (Phi) is 7.01. The number of ether oxygens (including phenoxy) is 1. The molecule has 132 valence electrons. The molecule has 0 aromatic heterocycles. The Labute approximate surface area is 148 Å². The summed E-state index contributed by atoms with van der Waals surface area (Å²) in [6, 6.07) is 17.1. The summed E-state index contributed by atoms with van der Waals surface area (Å²) in [5.41, 5.74) is 1.76. The first-order chi connectivity index (χ1) is 12.1. The van der Waals surface area contributed by atoms with Gasteiger partial charge in [-0.15, -0.1) is 0 Å². The quantitative estimate of drug-likeness (QED) is 0.803. The van der Waals surface area contributed by atoms with Crippen LogP contribution in [-0.2, 0) is 16.2 Å². The highest BCUT2D eigenvalue weighted by molar-refractivity contribution is 5.97. The molecule has 5 nitrogen and oxygen atoms in total. The second-order valence-corrected chi connectivity index (χ2v) is 5.72. The SMILES string of the molecule is CCCNC(=O)CN(C(C)=O)c1ccc(OCc2ccccc2)cc1. The molecule has 1 N–H and O–H groups in total. The van der Waals surface area contributed by atoms with Crippen LogP contribution in [-0.4, -0.2) is 24.9 Å². The fraction of sp³-hybridized carbons (Fsp3) is 0.300. The second kappa shape index (κ2) is 9.47. The van der Waals surface area contributed by atoms with E-state index in [1.165, 1.54) is 11.8 Å². The van der Waals surface area contributed by atoms with Crippen molar-refractivity contribution in [2.45, 2.75) is 26.9 Å². The molecule has 2 aromatic rings. The zero-order chi connectivity index (χ0) is 18.1. The normalized spacial score (nSPS) is 10.2. The highest BCUT2D eigenvalue weighted by Gasteiger charge is 2.15. The van der Waals surface area contributed by atoms with E-state index in [4.69, 9.17) is 4.74 Å². The van der Waals surface area contributed by atoms with Crippen molar-refractivity contribution in [1.82, 2.24) is 5.32 Å². The fourth-order valence-corrected chi connectivity index (χ4v) is 2.31. The predicted molar refractivity (Wildman–Crippen MR) is 98.5 cm³/mol. The maximum absolute atomic E-state index is 11.9. The number of carbonyl (C=O) groups excluding carboxylic acids is 2. The first-order valence-electron chi connectivity index (χ1n) is 8.41. The van der Waals surface area contributed by atoms with E-state index in [2.05, 4.69) is 5.32 Å². The van der Waals surface area contributed by atoms with Crippen LogP contribution in [0.15, 0.2) is 54.6 Å². The molecule has 0 radical (unpaired) electrons. The molecule has 0 aliphatic heterocycles. The molecular weight excluding hydrogens is 316 g/mol. The number of nitrogens with one attached hydrogen (secondary N) is 1. The van der Waals surface area contributed by atoms with Crippen LogP contribution in [0.25, 0.3) is 0 Å². The summed E-state index contributed by atoms with van der Waals surface area (Å²) in [7, 11) is 0. The standard InChI is InChI=1S/C20H24N2O3/c1-3-13-21-20(24)14-22(16(2)23)18-9-11-19(12-10-18)25-15-17-7-5-4-6-8-17/h4-12H,3,13-15H2,1-2H3,(H,21,24). The number of rotatable bonds is 8. The van der Waals surface area contributed by atoms with E-state index in [0.29, 0.717) is 24.6 Å². The summed E-state index contributed by atoms with van der Waals surface area (Å²) >= 11 is 0. The molecule has 0 unspecified atom stereocenters. The van der Waals surface area contributed by atoms with Gasteiger partial charge in [-0.1, -0.05) is 37.3 Å². The molecule has 25 heavy (non-hydrogen) atoms. The number of nitrogens with zero attached hydrogens (tertiary/aromatic N) is 1. The summed E-state index contributed by atoms with van der Waals surface area (Å²) in [5, 5.41) is 2.78. The number of hydrogen-bond acceptors (Lipinski definition) is 3. The fourth-order valence-electron chi connectivity index (χ4n) is 2.31. The van der Waals surface area contributed by atoms with Gasteiger partial charge in [-0.3, -0.25) is 9.59 Å². The third kappa shape index (κ3) is 5.95. The van der Waals surface area contributed by atoms with E-state index >= 15 is 0 Å². The Morgan fingerprint density at radius 2 is 1.72 bits per heavy atom. The number of amides is 2. The average Bonchev–Trinajstić information content (AvgIpc) is 2.64. The van der Waals surface area contributed by atoms with E-state index in [9.17, 15) is 9.59 Å². The lowest BCUT2D eigenvalue weighted by Gasteiger charge is -2.21. The predicted octanol–water partition coefficient (Wildman–Crippen LogP) is 3.14. The van der Waals surface area contributed by atoms with Gasteiger partial charge in [0.25, 0.3) is 0 Å². The maximum Gasteiger partial charge on any atom is 0.240 e. The Hall–Kier alpha value is -2.82. The zero-order valence-corrected chi connectivity index (χ0v) is 14.7. The van der Waals surface area contributed by atoms with Crippen molar-refractivity contribution in [3.8, 4) is 5.75 Å². The summed E-state index contributed by atoms with van der Waals surface area (Å²) in [5.74, 6) is 0.373. The molecule has 0 aliphatic carbocycles. The molecule has 0 saturated heterocycles. The van der Waals surface area contributed by atoms with Crippen LogP contribution in [0.4, 0.5) is 5.69 Å². The van der Waals surface area contributed by atoms with Gasteiger partial charge < -0.3 is 15.0 Å². The molecule has 0 atom stereocenters. The highest BCUT2D eigenvalue weighted by Crippen LogP contribution is 2.20. The molecule has 0 heterocycles. The lowest BCUT2D eigenvalue weighted by Crippen LogP contribution is -2.40. The van der Waals surface area contributed by atoms with Crippen molar-refractivity contribution >= 4 is 17.5 Å². The number of carbonyl (C=O) groups is 2. The molecule has 2 aromatic carbocycles. The van der Waals surface area contributed by atoms with Crippen LogP contribution >= 0.6 is 0 Å². The second-order valence-electron chi connectivity index (χ2n) is 5.72. The Balaban J connectivity index is 1.97. The molecule has 0 aliphatic rings. The lowest BCUT2D eigenvalue weighted by molar-refractivity contribution is -0.123. The summed E-state index contributed by atoms with van der Waals surface area (Å²) < 4.78 is 5.74. The molecule has 0 spiro atoms. The Bertz CT molecular complexity index is 684. The minimum absolute atomic E-state index is 0.0134. The van der Waals surface area contributed by atoms with Crippen molar-refractivity contribution in [2.24, 2.45) is 0 Å². The van der Waals surface area contributed by atoms with Crippen LogP contribution in [0, 0.1) is 0 Å². The number of hydrogen-bond donors (Lipinski definition) is 1. The lowest BCUT2D eigenvalue weighted by atomic mass is 10.2. The van der Waals surface area contributed by atoms with E-state index in [1.54, 1.807) is 24.3 Å². The summed E-state index contributed by atoms with van der Waals surface area (Å²) in [6.07, 6.45) is 0.860. The monoisotopic (exact) mass is 340 g/mol. The van der Waals surface area contributed by atoms with Gasteiger partial charge in [0, 0.05) is 19.2 Å². The van der Waals surface area contributed by atoms with Gasteiger partial charge in [0.2, 0.25) is 11.8 Å². The minimum Gasteiger partial charge on any atom is -0.489 e. The topological polar surface area (TPSA) is 58.6 Å². The van der Waals surface area contributed by atoms with Crippen molar-refractivity contribution in [3.05, 3.63) is 60.2 Å². The van der Waals surface area contributed by atoms with E-state index in [0.717, 1.165) is 12.0 Å². The van der Waals surface area contributed by atoms with Gasteiger partial charge in [-0.25, -0.2) is 0 Å². The van der Waals surface area contributed by atoms with Gasteiger partial charge in [0.15, 0.2) is 0 Å². The zero-order valence-electron chi connectivity index (χ0n) is 14.7. The largest absolute Gasteiger partial charge is 0.489 e. The van der Waals surface area contributed by atoms with Crippen molar-refractivity contribution in [3.63, 3.8) is 0 Å². The molecule has 5 heteroatoms. The van der Waals surface area contributed by atoms with Gasteiger partial charge >= 0.3 is 0 Å². The van der Waals surface area contributed by atoms with Crippen molar-refractivity contribution < 1.29 is 14.3 Å². The van der Waals surface area contributed by atoms with Gasteiger partial charge in [0.1, 0.15) is 18.9 Å². The summed E-state index contributed by atoms with van der Waals surface area (Å²) in [6.45, 7) is 4.54. The van der Waals surface area contributed by atoms with Crippen LogP contribution < -0.4 is 15.0 Å². The number of anilines is 1. The minimum atomic E-state index is -0.176. The Morgan fingerprint density at radius 1 is 1.04 bits per heavy atom. The molecule has 2 amide bonds. The number of benzene rings is 2. The van der Waals surface area contributed by atoms with Gasteiger partial charge in [-0.2, -0.15) is 0 Å². The Morgan fingerprint density at radius 3 is 2.32 bits per heavy atom. The molecule has 2 rings (SSSR count). The molecule has 0 bridgehead atoms. The van der Waals surface area contributed by atoms with Crippen LogP contribution in [0.3, 0.4) is 0 Å². The molecule has 0 saturated carbocycles. The van der Waals surface area contributed by atoms with Gasteiger partial charge in [0.05, 0.1) is 0 Å². The van der Waals surface area contributed by atoms with Crippen LogP contribution in [0.1, 0.15) is 25.8 Å². The molecular formula is C20H24N2O3. The first kappa shape index (κ1) is 18.5. The third-order valence-corrected chi connectivity index (χ3v) is 3.65. The highest BCUT2D eigenvalue weighted by atomic mass is 16.5. The average molecular weight is 340 g/mol. The van der Waals surface area contributed by atoms with Crippen molar-refractivity contribution in [1.29, 1.82) is 0 Å². The molecule has 0 fully saturated rings. The van der Waals surface area contributed by atoms with Gasteiger partial charge in [-0.05, 0) is 36.2 Å². The van der Waals surface area contributed by atoms with Crippen molar-refractivity contribution in [2.75, 3.05) is 18.0 Å². The first-order valence-corrected chi connectivity index (χ1v) is 8.41. The van der Waals surface area contributed by atoms with E-state index in [1.807, 2.05) is 37.3 Å². The summed E-state index contributed by atoms with van der Waals surface area (Å²) in [4.78, 5) is 25.2. The van der Waals surface area contributed by atoms with Crippen LogP contribution in [0.5, 0.6) is 5.75 Å².